The standard InChI is InChI=1S/C33H38O6/c1-5-10-20-18-28(34)22(12-7-3)16-26(20)33(27-17-23(13-8-4)29(35)19-21(27)11-6-2)30-24(31(36)37)14-9-15-25(30)32(38)39-33/h9,14-19,34-35H,5-8,10-13H2,1-4H3,(H,36,37). The number of aryl methyl sites for hydroxylation is 4. The fourth-order valence-electron chi connectivity index (χ4n) is 5.95. The number of esters is 1. The van der Waals surface area contributed by atoms with E-state index in [0.29, 0.717) is 53.5 Å². The van der Waals surface area contributed by atoms with E-state index in [2.05, 4.69) is 0 Å². The maximum atomic E-state index is 13.6. The lowest BCUT2D eigenvalue weighted by molar-refractivity contribution is 0.0240. The summed E-state index contributed by atoms with van der Waals surface area (Å²) >= 11 is 0. The molecule has 0 bridgehead atoms. The molecule has 4 rings (SSSR count). The first-order valence-electron chi connectivity index (χ1n) is 14.0. The zero-order valence-electron chi connectivity index (χ0n) is 23.3. The number of benzene rings is 3. The summed E-state index contributed by atoms with van der Waals surface area (Å²) in [6.45, 7) is 8.12. The molecule has 0 saturated heterocycles. The first-order chi connectivity index (χ1) is 18.7. The second kappa shape index (κ2) is 11.5. The third-order valence-electron chi connectivity index (χ3n) is 7.56. The first-order valence-corrected chi connectivity index (χ1v) is 14.0. The van der Waals surface area contributed by atoms with E-state index in [0.717, 1.165) is 36.8 Å². The lowest BCUT2D eigenvalue weighted by atomic mass is 9.72. The van der Waals surface area contributed by atoms with Crippen molar-refractivity contribution in [2.45, 2.75) is 84.7 Å². The molecule has 3 N–H and O–H groups in total. The molecule has 6 nitrogen and oxygen atoms in total. The number of carboxylic acids is 1. The van der Waals surface area contributed by atoms with Crippen LogP contribution in [0.3, 0.4) is 0 Å². The summed E-state index contributed by atoms with van der Waals surface area (Å²) < 4.78 is 6.44. The summed E-state index contributed by atoms with van der Waals surface area (Å²) in [4.78, 5) is 26.2. The van der Waals surface area contributed by atoms with Gasteiger partial charge < -0.3 is 20.1 Å². The van der Waals surface area contributed by atoms with E-state index in [9.17, 15) is 24.9 Å². The van der Waals surface area contributed by atoms with Gasteiger partial charge in [-0.05, 0) is 84.3 Å². The molecule has 0 aliphatic carbocycles. The Balaban J connectivity index is 2.24. The van der Waals surface area contributed by atoms with Crippen molar-refractivity contribution < 1.29 is 29.6 Å². The van der Waals surface area contributed by atoms with Gasteiger partial charge in [0.1, 0.15) is 11.5 Å². The van der Waals surface area contributed by atoms with Crippen LogP contribution in [0.25, 0.3) is 0 Å². The van der Waals surface area contributed by atoms with Gasteiger partial charge in [0.15, 0.2) is 5.60 Å². The molecule has 0 atom stereocenters. The number of carbonyl (C=O) groups is 2. The molecule has 3 aromatic carbocycles. The highest BCUT2D eigenvalue weighted by atomic mass is 16.6. The van der Waals surface area contributed by atoms with Gasteiger partial charge in [0.2, 0.25) is 0 Å². The van der Waals surface area contributed by atoms with Crippen molar-refractivity contribution in [1.82, 2.24) is 0 Å². The summed E-state index contributed by atoms with van der Waals surface area (Å²) in [5.74, 6) is -1.38. The molecule has 39 heavy (non-hydrogen) atoms. The fraction of sp³-hybridized carbons (Fsp3) is 0.394. The minimum atomic E-state index is -1.55. The zero-order chi connectivity index (χ0) is 28.3. The number of ether oxygens (including phenoxy) is 1. The molecule has 206 valence electrons. The van der Waals surface area contributed by atoms with E-state index in [1.807, 2.05) is 39.8 Å². The fourth-order valence-corrected chi connectivity index (χ4v) is 5.95. The summed E-state index contributed by atoms with van der Waals surface area (Å²) in [5, 5.41) is 32.2. The van der Waals surface area contributed by atoms with Gasteiger partial charge in [-0.15, -0.1) is 0 Å². The summed E-state index contributed by atoms with van der Waals surface area (Å²) in [6, 6.07) is 12.0. The summed E-state index contributed by atoms with van der Waals surface area (Å²) in [6.07, 6.45) is 5.56. The molecule has 0 fully saturated rings. The molecule has 0 radical (unpaired) electrons. The molecular formula is C33H38O6. The van der Waals surface area contributed by atoms with Crippen molar-refractivity contribution in [3.05, 3.63) is 92.5 Å². The van der Waals surface area contributed by atoms with Crippen LogP contribution in [0.5, 0.6) is 11.5 Å². The molecule has 0 unspecified atom stereocenters. The maximum absolute atomic E-state index is 13.6. The molecule has 1 heterocycles. The third-order valence-corrected chi connectivity index (χ3v) is 7.56. The molecule has 6 heteroatoms. The molecular weight excluding hydrogens is 492 g/mol. The number of phenols is 2. The minimum Gasteiger partial charge on any atom is -0.508 e. The Labute approximate surface area is 230 Å². The lowest BCUT2D eigenvalue weighted by Crippen LogP contribution is -2.34. The number of fused-ring (bicyclic) bond motifs is 1. The van der Waals surface area contributed by atoms with Crippen molar-refractivity contribution in [3.8, 4) is 11.5 Å². The second-order valence-corrected chi connectivity index (χ2v) is 10.4. The quantitative estimate of drug-likeness (QED) is 0.229. The van der Waals surface area contributed by atoms with Crippen LogP contribution in [0.2, 0.25) is 0 Å². The van der Waals surface area contributed by atoms with Gasteiger partial charge in [-0.1, -0.05) is 59.4 Å². The number of hydrogen-bond acceptors (Lipinski definition) is 5. The topological polar surface area (TPSA) is 104 Å². The third kappa shape index (κ3) is 4.88. The van der Waals surface area contributed by atoms with Crippen LogP contribution >= 0.6 is 0 Å². The molecule has 1 aliphatic heterocycles. The highest BCUT2D eigenvalue weighted by molar-refractivity contribution is 6.02. The largest absolute Gasteiger partial charge is 0.508 e. The Morgan fingerprint density at radius 3 is 1.64 bits per heavy atom. The average molecular weight is 531 g/mol. The lowest BCUT2D eigenvalue weighted by Gasteiger charge is -2.35. The zero-order valence-corrected chi connectivity index (χ0v) is 23.3. The summed E-state index contributed by atoms with van der Waals surface area (Å²) in [5.41, 5.74) is 3.32. The van der Waals surface area contributed by atoms with Crippen LogP contribution in [0, 0.1) is 0 Å². The maximum Gasteiger partial charge on any atom is 0.340 e. The van der Waals surface area contributed by atoms with Crippen molar-refractivity contribution in [2.24, 2.45) is 0 Å². The van der Waals surface area contributed by atoms with Gasteiger partial charge >= 0.3 is 11.9 Å². The van der Waals surface area contributed by atoms with Gasteiger partial charge in [-0.25, -0.2) is 9.59 Å². The number of phenolic OH excluding ortho intramolecular Hbond substituents is 2. The Kier molecular flexibility index (Phi) is 8.34. The number of rotatable bonds is 11. The SMILES string of the molecule is CCCc1cc(C2(c3cc(CCC)c(O)cc3CCC)OC(=O)c3cccc(C(=O)O)c32)c(CCC)cc1O. The predicted molar refractivity (Wildman–Crippen MR) is 151 cm³/mol. The number of carboxylic acid groups (broad SMARTS) is 1. The van der Waals surface area contributed by atoms with Gasteiger partial charge in [0, 0.05) is 16.7 Å². The minimum absolute atomic E-state index is 0.00141. The monoisotopic (exact) mass is 530 g/mol. The van der Waals surface area contributed by atoms with Crippen LogP contribution < -0.4 is 0 Å². The van der Waals surface area contributed by atoms with Crippen LogP contribution in [-0.2, 0) is 36.0 Å². The van der Waals surface area contributed by atoms with E-state index in [-0.39, 0.29) is 22.6 Å². The van der Waals surface area contributed by atoms with Crippen LogP contribution in [-0.4, -0.2) is 27.3 Å². The van der Waals surface area contributed by atoms with Gasteiger partial charge in [0.05, 0.1) is 11.1 Å². The Bertz CT molecular complexity index is 1340. The first kappa shape index (κ1) is 28.2. The smallest absolute Gasteiger partial charge is 0.340 e. The van der Waals surface area contributed by atoms with Crippen LogP contribution in [0.1, 0.15) is 113 Å². The van der Waals surface area contributed by atoms with E-state index in [1.165, 1.54) is 6.07 Å². The average Bonchev–Trinajstić information content (AvgIpc) is 3.20. The van der Waals surface area contributed by atoms with Gasteiger partial charge in [0.25, 0.3) is 0 Å². The normalized spacial score (nSPS) is 13.8. The van der Waals surface area contributed by atoms with Crippen molar-refractivity contribution >= 4 is 11.9 Å². The Morgan fingerprint density at radius 2 is 1.21 bits per heavy atom. The number of cyclic esters (lactones) is 1. The highest BCUT2D eigenvalue weighted by Gasteiger charge is 2.53. The molecule has 0 aromatic heterocycles. The Hall–Kier alpha value is -3.80. The number of carbonyl (C=O) groups excluding carboxylic acids is 1. The van der Waals surface area contributed by atoms with E-state index < -0.39 is 17.5 Å². The van der Waals surface area contributed by atoms with Crippen molar-refractivity contribution in [2.75, 3.05) is 0 Å². The van der Waals surface area contributed by atoms with Gasteiger partial charge in [-0.3, -0.25) is 0 Å². The Morgan fingerprint density at radius 1 is 0.744 bits per heavy atom. The van der Waals surface area contributed by atoms with E-state index >= 15 is 0 Å². The molecule has 1 aliphatic rings. The van der Waals surface area contributed by atoms with Gasteiger partial charge in [-0.2, -0.15) is 0 Å². The van der Waals surface area contributed by atoms with E-state index in [1.54, 1.807) is 24.3 Å². The predicted octanol–water partition coefficient (Wildman–Crippen LogP) is 7.07. The number of aromatic carboxylic acids is 1. The van der Waals surface area contributed by atoms with Crippen LogP contribution in [0.4, 0.5) is 0 Å². The molecule has 0 amide bonds. The van der Waals surface area contributed by atoms with Crippen LogP contribution in [0.15, 0.2) is 42.5 Å². The molecule has 0 saturated carbocycles. The summed E-state index contributed by atoms with van der Waals surface area (Å²) in [7, 11) is 0. The number of hydrogen-bond donors (Lipinski definition) is 3. The molecule has 3 aromatic rings. The van der Waals surface area contributed by atoms with E-state index in [4.69, 9.17) is 4.74 Å². The highest BCUT2D eigenvalue weighted by Crippen LogP contribution is 2.52. The second-order valence-electron chi connectivity index (χ2n) is 10.4. The van der Waals surface area contributed by atoms with Crippen molar-refractivity contribution in [1.29, 1.82) is 0 Å². The number of aromatic hydroxyl groups is 2. The molecule has 0 spiro atoms. The van der Waals surface area contributed by atoms with Crippen molar-refractivity contribution in [3.63, 3.8) is 0 Å².